The fraction of sp³-hybridized carbons (Fsp3) is 0.533. The average molecular weight is 260 g/mol. The molecule has 2 aliphatic rings. The zero-order valence-electron chi connectivity index (χ0n) is 11.0. The third-order valence-electron chi connectivity index (χ3n) is 3.90. The molecular weight excluding hydrogens is 240 g/mol. The van der Waals surface area contributed by atoms with Gasteiger partial charge >= 0.3 is 0 Å². The summed E-state index contributed by atoms with van der Waals surface area (Å²) in [5.74, 6) is 0.296. The number of carbonyl (C=O) groups is 1. The van der Waals surface area contributed by atoms with Crippen molar-refractivity contribution in [3.05, 3.63) is 30.3 Å². The van der Waals surface area contributed by atoms with Crippen LogP contribution in [0.2, 0.25) is 0 Å². The van der Waals surface area contributed by atoms with Gasteiger partial charge in [0.05, 0.1) is 12.0 Å². The van der Waals surface area contributed by atoms with Gasteiger partial charge in [0, 0.05) is 31.9 Å². The molecule has 3 rings (SSSR count). The quantitative estimate of drug-likeness (QED) is 0.890. The number of hydrogen-bond acceptors (Lipinski definition) is 3. The minimum absolute atomic E-state index is 0.126. The molecule has 19 heavy (non-hydrogen) atoms. The minimum Gasteiger partial charge on any atom is -0.376 e. The molecule has 0 saturated carbocycles. The molecule has 0 bridgehead atoms. The van der Waals surface area contributed by atoms with Crippen LogP contribution in [0.1, 0.15) is 12.8 Å². The maximum absolute atomic E-state index is 12.0. The number of amides is 1. The Balaban J connectivity index is 1.41. The molecule has 1 aromatic carbocycles. The van der Waals surface area contributed by atoms with E-state index in [2.05, 4.69) is 22.3 Å². The number of ether oxygens (including phenoxy) is 1. The van der Waals surface area contributed by atoms with E-state index in [0.29, 0.717) is 6.54 Å². The summed E-state index contributed by atoms with van der Waals surface area (Å²) in [6.45, 7) is 3.15. The van der Waals surface area contributed by atoms with Crippen LogP contribution in [-0.4, -0.2) is 38.3 Å². The Hall–Kier alpha value is -1.55. The first-order valence-electron chi connectivity index (χ1n) is 7.02. The van der Waals surface area contributed by atoms with E-state index in [9.17, 15) is 4.79 Å². The van der Waals surface area contributed by atoms with Crippen LogP contribution < -0.4 is 10.2 Å². The highest BCUT2D eigenvalue weighted by Gasteiger charge is 2.32. The summed E-state index contributed by atoms with van der Waals surface area (Å²) in [7, 11) is 0. The molecule has 4 heteroatoms. The van der Waals surface area contributed by atoms with Gasteiger partial charge in [-0.1, -0.05) is 18.2 Å². The lowest BCUT2D eigenvalue weighted by Crippen LogP contribution is -2.54. The number of benzene rings is 1. The second-order valence-electron chi connectivity index (χ2n) is 5.32. The van der Waals surface area contributed by atoms with E-state index in [1.54, 1.807) is 0 Å². The van der Waals surface area contributed by atoms with Gasteiger partial charge in [0.15, 0.2) is 0 Å². The number of nitrogens with zero attached hydrogens (tertiary/aromatic N) is 1. The Kier molecular flexibility index (Phi) is 3.69. The zero-order chi connectivity index (χ0) is 13.1. The van der Waals surface area contributed by atoms with Gasteiger partial charge in [0.2, 0.25) is 5.91 Å². The Morgan fingerprint density at radius 3 is 2.79 bits per heavy atom. The van der Waals surface area contributed by atoms with Crippen molar-refractivity contribution in [2.24, 2.45) is 5.92 Å². The van der Waals surface area contributed by atoms with Gasteiger partial charge in [0.1, 0.15) is 0 Å². The van der Waals surface area contributed by atoms with Crippen LogP contribution in [-0.2, 0) is 9.53 Å². The van der Waals surface area contributed by atoms with Crippen LogP contribution in [0.25, 0.3) is 0 Å². The van der Waals surface area contributed by atoms with Gasteiger partial charge in [-0.2, -0.15) is 0 Å². The first-order valence-corrected chi connectivity index (χ1v) is 7.02. The van der Waals surface area contributed by atoms with Crippen molar-refractivity contribution >= 4 is 11.6 Å². The van der Waals surface area contributed by atoms with Gasteiger partial charge in [-0.15, -0.1) is 0 Å². The molecule has 0 aliphatic carbocycles. The molecule has 1 atom stereocenters. The third-order valence-corrected chi connectivity index (χ3v) is 3.90. The summed E-state index contributed by atoms with van der Waals surface area (Å²) in [6, 6.07) is 10.2. The molecule has 0 spiro atoms. The number of anilines is 1. The Morgan fingerprint density at radius 2 is 2.11 bits per heavy atom. The van der Waals surface area contributed by atoms with Gasteiger partial charge < -0.3 is 15.0 Å². The molecule has 1 amide bonds. The second kappa shape index (κ2) is 5.61. The maximum Gasteiger partial charge on any atom is 0.226 e. The topological polar surface area (TPSA) is 41.6 Å². The standard InChI is InChI=1S/C15H20N2O2/c18-15(16-9-14-7-4-8-19-14)12-10-17(11-12)13-5-2-1-3-6-13/h1-3,5-6,12,14H,4,7-11H2,(H,16,18). The van der Waals surface area contributed by atoms with Gasteiger partial charge in [-0.25, -0.2) is 0 Å². The van der Waals surface area contributed by atoms with E-state index in [1.807, 2.05) is 18.2 Å². The van der Waals surface area contributed by atoms with E-state index in [1.165, 1.54) is 5.69 Å². The zero-order valence-corrected chi connectivity index (χ0v) is 11.0. The van der Waals surface area contributed by atoms with E-state index >= 15 is 0 Å². The molecule has 1 unspecified atom stereocenters. The van der Waals surface area contributed by atoms with Crippen LogP contribution >= 0.6 is 0 Å². The first-order chi connectivity index (χ1) is 9.33. The van der Waals surface area contributed by atoms with Crippen molar-refractivity contribution < 1.29 is 9.53 Å². The van der Waals surface area contributed by atoms with Crippen LogP contribution in [0.15, 0.2) is 30.3 Å². The number of nitrogens with one attached hydrogen (secondary N) is 1. The fourth-order valence-corrected chi connectivity index (χ4v) is 2.66. The monoisotopic (exact) mass is 260 g/mol. The number of hydrogen-bond donors (Lipinski definition) is 1. The lowest BCUT2D eigenvalue weighted by atomic mass is 9.98. The van der Waals surface area contributed by atoms with Gasteiger partial charge in [-0.3, -0.25) is 4.79 Å². The summed E-state index contributed by atoms with van der Waals surface area (Å²) in [5.41, 5.74) is 1.20. The average Bonchev–Trinajstić information content (AvgIpc) is 2.89. The van der Waals surface area contributed by atoms with Crippen molar-refractivity contribution in [3.63, 3.8) is 0 Å². The molecule has 0 aromatic heterocycles. The highest BCUT2D eigenvalue weighted by molar-refractivity contribution is 5.82. The molecule has 4 nitrogen and oxygen atoms in total. The highest BCUT2D eigenvalue weighted by atomic mass is 16.5. The van der Waals surface area contributed by atoms with Crippen molar-refractivity contribution in [1.29, 1.82) is 0 Å². The largest absolute Gasteiger partial charge is 0.376 e. The summed E-state index contributed by atoms with van der Waals surface area (Å²) >= 11 is 0. The van der Waals surface area contributed by atoms with E-state index in [-0.39, 0.29) is 17.9 Å². The Labute approximate surface area is 113 Å². The molecule has 0 radical (unpaired) electrons. The maximum atomic E-state index is 12.0. The minimum atomic E-state index is 0.126. The highest BCUT2D eigenvalue weighted by Crippen LogP contribution is 2.24. The smallest absolute Gasteiger partial charge is 0.226 e. The SMILES string of the molecule is O=C(NCC1CCCO1)C1CN(c2ccccc2)C1. The number of para-hydroxylation sites is 1. The van der Waals surface area contributed by atoms with Gasteiger partial charge in [0.25, 0.3) is 0 Å². The van der Waals surface area contributed by atoms with E-state index in [4.69, 9.17) is 4.74 Å². The van der Waals surface area contributed by atoms with Crippen molar-refractivity contribution in [3.8, 4) is 0 Å². The van der Waals surface area contributed by atoms with Crippen LogP contribution in [0.4, 0.5) is 5.69 Å². The first kappa shape index (κ1) is 12.5. The Morgan fingerprint density at radius 1 is 1.32 bits per heavy atom. The predicted octanol–water partition coefficient (Wildman–Crippen LogP) is 1.42. The fourth-order valence-electron chi connectivity index (χ4n) is 2.66. The molecule has 1 aromatic rings. The molecule has 2 aliphatic heterocycles. The Bertz CT molecular complexity index is 423. The van der Waals surface area contributed by atoms with Crippen molar-refractivity contribution in [2.45, 2.75) is 18.9 Å². The van der Waals surface area contributed by atoms with Crippen LogP contribution in [0, 0.1) is 5.92 Å². The van der Waals surface area contributed by atoms with Crippen molar-refractivity contribution in [1.82, 2.24) is 5.32 Å². The van der Waals surface area contributed by atoms with E-state index in [0.717, 1.165) is 32.5 Å². The number of carbonyl (C=O) groups excluding carboxylic acids is 1. The molecule has 2 saturated heterocycles. The summed E-state index contributed by atoms with van der Waals surface area (Å²) < 4.78 is 5.50. The molecule has 102 valence electrons. The number of rotatable bonds is 4. The van der Waals surface area contributed by atoms with Crippen LogP contribution in [0.3, 0.4) is 0 Å². The van der Waals surface area contributed by atoms with E-state index < -0.39 is 0 Å². The predicted molar refractivity (Wildman–Crippen MR) is 74.1 cm³/mol. The van der Waals surface area contributed by atoms with Crippen LogP contribution in [0.5, 0.6) is 0 Å². The molecule has 2 fully saturated rings. The second-order valence-corrected chi connectivity index (χ2v) is 5.32. The lowest BCUT2D eigenvalue weighted by Gasteiger charge is -2.40. The summed E-state index contributed by atoms with van der Waals surface area (Å²) in [6.07, 6.45) is 2.42. The molecule has 1 N–H and O–H groups in total. The summed E-state index contributed by atoms with van der Waals surface area (Å²) in [5, 5.41) is 3.01. The molecular formula is C15H20N2O2. The van der Waals surface area contributed by atoms with Gasteiger partial charge in [-0.05, 0) is 25.0 Å². The lowest BCUT2D eigenvalue weighted by molar-refractivity contribution is -0.126. The normalized spacial score (nSPS) is 23.2. The molecule has 2 heterocycles. The summed E-state index contributed by atoms with van der Waals surface area (Å²) in [4.78, 5) is 14.2. The van der Waals surface area contributed by atoms with Crippen molar-refractivity contribution in [2.75, 3.05) is 31.1 Å². The third kappa shape index (κ3) is 2.89.